The van der Waals surface area contributed by atoms with E-state index in [1.54, 1.807) is 0 Å². The molecule has 0 aromatic heterocycles. The van der Waals surface area contributed by atoms with Crippen molar-refractivity contribution in [2.75, 3.05) is 20.3 Å². The summed E-state index contributed by atoms with van der Waals surface area (Å²) in [5.74, 6) is 0.494. The molecule has 94 valence electrons. The van der Waals surface area contributed by atoms with Crippen LogP contribution in [0.2, 0.25) is 0 Å². The molecule has 0 saturated heterocycles. The Hall–Kier alpha value is -1.55. The van der Waals surface area contributed by atoms with E-state index >= 15 is 0 Å². The molecule has 0 aliphatic carbocycles. The molecule has 0 saturated carbocycles. The first-order valence-corrected chi connectivity index (χ1v) is 5.54. The Balaban J connectivity index is 2.83. The van der Waals surface area contributed by atoms with Gasteiger partial charge in [0.1, 0.15) is 12.4 Å². The Labute approximate surface area is 102 Å². The van der Waals surface area contributed by atoms with E-state index < -0.39 is 5.41 Å². The fourth-order valence-electron chi connectivity index (χ4n) is 1.52. The fourth-order valence-corrected chi connectivity index (χ4v) is 1.52. The maximum absolute atomic E-state index is 11.6. The van der Waals surface area contributed by atoms with Gasteiger partial charge in [-0.2, -0.15) is 0 Å². The molecule has 2 N–H and O–H groups in total. The van der Waals surface area contributed by atoms with Crippen LogP contribution in [-0.2, 0) is 14.9 Å². The average molecular weight is 237 g/mol. The van der Waals surface area contributed by atoms with E-state index in [0.29, 0.717) is 13.2 Å². The van der Waals surface area contributed by atoms with Gasteiger partial charge in [-0.15, -0.1) is 0 Å². The summed E-state index contributed by atoms with van der Waals surface area (Å²) in [6, 6.07) is 7.39. The van der Waals surface area contributed by atoms with Crippen molar-refractivity contribution in [3.05, 3.63) is 29.8 Å². The third-order valence-corrected chi connectivity index (χ3v) is 2.66. The second kappa shape index (κ2) is 5.68. The van der Waals surface area contributed by atoms with Crippen LogP contribution < -0.4 is 10.5 Å². The van der Waals surface area contributed by atoms with Crippen molar-refractivity contribution in [1.29, 1.82) is 0 Å². The van der Waals surface area contributed by atoms with Crippen molar-refractivity contribution in [3.8, 4) is 5.75 Å². The summed E-state index contributed by atoms with van der Waals surface area (Å²) >= 11 is 0. The Kier molecular flexibility index (Phi) is 4.52. The molecule has 0 heterocycles. The minimum Gasteiger partial charge on any atom is -0.492 e. The molecule has 0 aliphatic heterocycles. The molecule has 0 fully saturated rings. The largest absolute Gasteiger partial charge is 0.492 e. The third-order valence-electron chi connectivity index (χ3n) is 2.66. The monoisotopic (exact) mass is 237 g/mol. The summed E-state index contributed by atoms with van der Waals surface area (Å²) in [5.41, 5.74) is 5.59. The van der Waals surface area contributed by atoms with E-state index in [2.05, 4.69) is 0 Å². The molecule has 0 atom stereocenters. The molecule has 0 amide bonds. The highest BCUT2D eigenvalue weighted by atomic mass is 16.5. The van der Waals surface area contributed by atoms with Crippen molar-refractivity contribution < 1.29 is 14.3 Å². The minimum atomic E-state index is -0.652. The molecule has 4 heteroatoms. The standard InChI is InChI=1S/C13H19NO3/c1-13(2,12(15)16-3)10-4-6-11(7-5-10)17-9-8-14/h4-7H,8-9,14H2,1-3H3. The van der Waals surface area contributed by atoms with Crippen molar-refractivity contribution in [2.45, 2.75) is 19.3 Å². The second-order valence-electron chi connectivity index (χ2n) is 4.28. The van der Waals surface area contributed by atoms with E-state index in [1.165, 1.54) is 7.11 Å². The summed E-state index contributed by atoms with van der Waals surface area (Å²) in [7, 11) is 1.39. The van der Waals surface area contributed by atoms with E-state index in [4.69, 9.17) is 15.2 Å². The van der Waals surface area contributed by atoms with Gasteiger partial charge in [0.25, 0.3) is 0 Å². The predicted molar refractivity (Wildman–Crippen MR) is 66.0 cm³/mol. The average Bonchev–Trinajstić information content (AvgIpc) is 2.35. The second-order valence-corrected chi connectivity index (χ2v) is 4.28. The van der Waals surface area contributed by atoms with Crippen molar-refractivity contribution in [3.63, 3.8) is 0 Å². The SMILES string of the molecule is COC(=O)C(C)(C)c1ccc(OCCN)cc1. The van der Waals surface area contributed by atoms with Crippen LogP contribution in [0, 0.1) is 0 Å². The summed E-state index contributed by atoms with van der Waals surface area (Å²) in [6.45, 7) is 4.62. The van der Waals surface area contributed by atoms with Crippen LogP contribution in [0.4, 0.5) is 0 Å². The van der Waals surface area contributed by atoms with Crippen LogP contribution in [0.25, 0.3) is 0 Å². The molecular formula is C13H19NO3. The number of hydrogen-bond donors (Lipinski definition) is 1. The highest BCUT2D eigenvalue weighted by molar-refractivity contribution is 5.82. The number of esters is 1. The number of nitrogens with two attached hydrogens (primary N) is 1. The lowest BCUT2D eigenvalue weighted by Gasteiger charge is -2.22. The van der Waals surface area contributed by atoms with Crippen LogP contribution in [0.5, 0.6) is 5.75 Å². The normalized spacial score (nSPS) is 11.1. The Bertz CT molecular complexity index is 371. The number of methoxy groups -OCH3 is 1. The van der Waals surface area contributed by atoms with Gasteiger partial charge in [0, 0.05) is 6.54 Å². The maximum atomic E-state index is 11.6. The third kappa shape index (κ3) is 3.20. The van der Waals surface area contributed by atoms with E-state index in [9.17, 15) is 4.79 Å². The van der Waals surface area contributed by atoms with Gasteiger partial charge in [0.2, 0.25) is 0 Å². The van der Waals surface area contributed by atoms with Crippen molar-refractivity contribution >= 4 is 5.97 Å². The van der Waals surface area contributed by atoms with Gasteiger partial charge in [-0.05, 0) is 31.5 Å². The number of carbonyl (C=O) groups is 1. The topological polar surface area (TPSA) is 61.5 Å². The molecule has 0 spiro atoms. The van der Waals surface area contributed by atoms with Crippen LogP contribution in [0.1, 0.15) is 19.4 Å². The van der Waals surface area contributed by atoms with Gasteiger partial charge in [-0.25, -0.2) is 0 Å². The zero-order valence-corrected chi connectivity index (χ0v) is 10.5. The first-order valence-electron chi connectivity index (χ1n) is 5.54. The number of rotatable bonds is 5. The molecule has 0 unspecified atom stereocenters. The zero-order chi connectivity index (χ0) is 12.9. The molecule has 0 radical (unpaired) electrons. The van der Waals surface area contributed by atoms with E-state index in [1.807, 2.05) is 38.1 Å². The first kappa shape index (κ1) is 13.5. The lowest BCUT2D eigenvalue weighted by molar-refractivity contribution is -0.146. The van der Waals surface area contributed by atoms with Crippen LogP contribution in [0.15, 0.2) is 24.3 Å². The van der Waals surface area contributed by atoms with Crippen LogP contribution >= 0.6 is 0 Å². The van der Waals surface area contributed by atoms with Gasteiger partial charge in [-0.1, -0.05) is 12.1 Å². The summed E-state index contributed by atoms with van der Waals surface area (Å²) < 4.78 is 10.1. The minimum absolute atomic E-state index is 0.256. The number of hydrogen-bond acceptors (Lipinski definition) is 4. The first-order chi connectivity index (χ1) is 8.02. The van der Waals surface area contributed by atoms with Gasteiger partial charge >= 0.3 is 5.97 Å². The number of carbonyl (C=O) groups excluding carboxylic acids is 1. The van der Waals surface area contributed by atoms with Crippen LogP contribution in [-0.4, -0.2) is 26.2 Å². The van der Waals surface area contributed by atoms with Gasteiger partial charge in [0.15, 0.2) is 0 Å². The molecule has 1 aromatic carbocycles. The lowest BCUT2D eigenvalue weighted by Crippen LogP contribution is -2.30. The van der Waals surface area contributed by atoms with E-state index in [0.717, 1.165) is 11.3 Å². The summed E-state index contributed by atoms with van der Waals surface area (Å²) in [5, 5.41) is 0. The molecule has 0 bridgehead atoms. The molecular weight excluding hydrogens is 218 g/mol. The molecule has 1 rings (SSSR count). The van der Waals surface area contributed by atoms with Crippen molar-refractivity contribution in [1.82, 2.24) is 0 Å². The molecule has 0 aliphatic rings. The van der Waals surface area contributed by atoms with Crippen molar-refractivity contribution in [2.24, 2.45) is 5.73 Å². The highest BCUT2D eigenvalue weighted by Gasteiger charge is 2.30. The Morgan fingerprint density at radius 1 is 1.29 bits per heavy atom. The van der Waals surface area contributed by atoms with Gasteiger partial charge in [0.05, 0.1) is 12.5 Å². The summed E-state index contributed by atoms with van der Waals surface area (Å²) in [4.78, 5) is 11.6. The van der Waals surface area contributed by atoms with E-state index in [-0.39, 0.29) is 5.97 Å². The number of benzene rings is 1. The maximum Gasteiger partial charge on any atom is 0.315 e. The predicted octanol–water partition coefficient (Wildman–Crippen LogP) is 1.47. The van der Waals surface area contributed by atoms with Crippen LogP contribution in [0.3, 0.4) is 0 Å². The summed E-state index contributed by atoms with van der Waals surface area (Å²) in [6.07, 6.45) is 0. The lowest BCUT2D eigenvalue weighted by atomic mass is 9.85. The molecule has 17 heavy (non-hydrogen) atoms. The molecule has 4 nitrogen and oxygen atoms in total. The fraction of sp³-hybridized carbons (Fsp3) is 0.462. The Morgan fingerprint density at radius 2 is 1.88 bits per heavy atom. The molecule has 1 aromatic rings. The van der Waals surface area contributed by atoms with Gasteiger partial charge in [-0.3, -0.25) is 4.79 Å². The van der Waals surface area contributed by atoms with Gasteiger partial charge < -0.3 is 15.2 Å². The highest BCUT2D eigenvalue weighted by Crippen LogP contribution is 2.26. The Morgan fingerprint density at radius 3 is 2.35 bits per heavy atom. The quantitative estimate of drug-likeness (QED) is 0.788. The smallest absolute Gasteiger partial charge is 0.315 e. The number of ether oxygens (including phenoxy) is 2. The zero-order valence-electron chi connectivity index (χ0n) is 10.5.